The van der Waals surface area contributed by atoms with Crippen LogP contribution in [0.3, 0.4) is 0 Å². The number of sulfone groups is 1. The van der Waals surface area contributed by atoms with E-state index in [1.54, 1.807) is 0 Å². The Morgan fingerprint density at radius 3 is 2.35 bits per heavy atom. The number of alkyl halides is 3. The fourth-order valence-corrected chi connectivity index (χ4v) is 3.89. The van der Waals surface area contributed by atoms with Gasteiger partial charge in [-0.05, 0) is 36.4 Å². The molecular formula is C22H17F5N2O4S. The quantitative estimate of drug-likeness (QED) is 0.474. The van der Waals surface area contributed by atoms with Crippen LogP contribution in [0, 0.1) is 11.6 Å². The van der Waals surface area contributed by atoms with Gasteiger partial charge in [-0.3, -0.25) is 9.78 Å². The van der Waals surface area contributed by atoms with Gasteiger partial charge in [0.1, 0.15) is 5.82 Å². The van der Waals surface area contributed by atoms with Crippen molar-refractivity contribution in [3.8, 4) is 16.9 Å². The second kappa shape index (κ2) is 9.01. The molecule has 0 bridgehead atoms. The highest BCUT2D eigenvalue weighted by molar-refractivity contribution is 7.90. The lowest BCUT2D eigenvalue weighted by molar-refractivity contribution is -0.137. The number of halogens is 5. The smallest absolute Gasteiger partial charge is 0.416 e. The number of nitrogens with zero attached hydrogens (tertiary/aromatic N) is 2. The largest absolute Gasteiger partial charge is 0.494 e. The highest BCUT2D eigenvalue weighted by Gasteiger charge is 2.33. The van der Waals surface area contributed by atoms with E-state index < -0.39 is 55.1 Å². The summed E-state index contributed by atoms with van der Waals surface area (Å²) in [6.07, 6.45) is -1.92. The molecule has 0 saturated heterocycles. The molecule has 1 aromatic heterocycles. The molecule has 0 atom stereocenters. The molecule has 0 unspecified atom stereocenters. The van der Waals surface area contributed by atoms with Gasteiger partial charge >= 0.3 is 6.18 Å². The number of benzene rings is 2. The van der Waals surface area contributed by atoms with Gasteiger partial charge in [0.25, 0.3) is 5.91 Å². The molecule has 0 aliphatic heterocycles. The normalized spacial score (nSPS) is 11.9. The number of methoxy groups -OCH3 is 1. The minimum Gasteiger partial charge on any atom is -0.494 e. The maximum absolute atomic E-state index is 14.9. The number of amides is 1. The number of ether oxygens (including phenoxy) is 1. The zero-order valence-electron chi connectivity index (χ0n) is 17.9. The van der Waals surface area contributed by atoms with Crippen molar-refractivity contribution in [2.75, 3.05) is 25.3 Å². The van der Waals surface area contributed by atoms with Gasteiger partial charge in [-0.1, -0.05) is 0 Å². The number of carbonyl (C=O) groups excluding carboxylic acids is 1. The van der Waals surface area contributed by atoms with Gasteiger partial charge in [-0.2, -0.15) is 13.2 Å². The van der Waals surface area contributed by atoms with Gasteiger partial charge in [-0.25, -0.2) is 17.2 Å². The Morgan fingerprint density at radius 1 is 1.09 bits per heavy atom. The van der Waals surface area contributed by atoms with Crippen LogP contribution in [0.4, 0.5) is 27.6 Å². The van der Waals surface area contributed by atoms with Crippen molar-refractivity contribution < 1.29 is 39.9 Å². The Kier molecular flexibility index (Phi) is 6.65. The fraction of sp³-hybridized carbons (Fsp3) is 0.182. The van der Waals surface area contributed by atoms with Crippen LogP contribution in [-0.4, -0.2) is 39.7 Å². The summed E-state index contributed by atoms with van der Waals surface area (Å²) in [5.74, 6) is -3.38. The first kappa shape index (κ1) is 25.1. The number of aromatic nitrogens is 1. The number of rotatable bonds is 5. The van der Waals surface area contributed by atoms with Crippen LogP contribution in [0.2, 0.25) is 0 Å². The molecule has 180 valence electrons. The van der Waals surface area contributed by atoms with E-state index in [4.69, 9.17) is 4.74 Å². The minimum absolute atomic E-state index is 0.130. The number of hydrogen-bond acceptors (Lipinski definition) is 5. The summed E-state index contributed by atoms with van der Waals surface area (Å²) in [5.41, 5.74) is -2.76. The lowest BCUT2D eigenvalue weighted by Crippen LogP contribution is -2.27. The van der Waals surface area contributed by atoms with E-state index in [9.17, 15) is 35.2 Å². The van der Waals surface area contributed by atoms with Crippen molar-refractivity contribution in [3.05, 3.63) is 71.6 Å². The van der Waals surface area contributed by atoms with Crippen molar-refractivity contribution in [2.45, 2.75) is 11.1 Å². The monoisotopic (exact) mass is 500 g/mol. The van der Waals surface area contributed by atoms with Crippen LogP contribution in [0.25, 0.3) is 11.1 Å². The van der Waals surface area contributed by atoms with E-state index in [2.05, 4.69) is 4.98 Å². The third-order valence-electron chi connectivity index (χ3n) is 4.92. The van der Waals surface area contributed by atoms with Gasteiger partial charge < -0.3 is 9.64 Å². The maximum atomic E-state index is 14.9. The third kappa shape index (κ3) is 4.86. The number of pyridine rings is 1. The summed E-state index contributed by atoms with van der Waals surface area (Å²) in [5, 5.41) is 0. The van der Waals surface area contributed by atoms with Crippen LogP contribution < -0.4 is 9.64 Å². The van der Waals surface area contributed by atoms with E-state index >= 15 is 0 Å². The zero-order valence-corrected chi connectivity index (χ0v) is 18.8. The molecule has 0 radical (unpaired) electrons. The summed E-state index contributed by atoms with van der Waals surface area (Å²) in [7, 11) is -1.77. The van der Waals surface area contributed by atoms with E-state index in [1.165, 1.54) is 19.4 Å². The summed E-state index contributed by atoms with van der Waals surface area (Å²) >= 11 is 0. The van der Waals surface area contributed by atoms with Gasteiger partial charge in [0, 0.05) is 30.6 Å². The molecule has 6 nitrogen and oxygen atoms in total. The lowest BCUT2D eigenvalue weighted by Gasteiger charge is -2.22. The van der Waals surface area contributed by atoms with E-state index in [1.807, 2.05) is 0 Å². The van der Waals surface area contributed by atoms with Crippen LogP contribution >= 0.6 is 0 Å². The molecule has 0 aliphatic rings. The van der Waals surface area contributed by atoms with E-state index in [0.717, 1.165) is 36.3 Å². The van der Waals surface area contributed by atoms with Crippen molar-refractivity contribution in [3.63, 3.8) is 0 Å². The highest BCUT2D eigenvalue weighted by atomic mass is 32.2. The van der Waals surface area contributed by atoms with Gasteiger partial charge in [-0.15, -0.1) is 0 Å². The Balaban J connectivity index is 2.17. The topological polar surface area (TPSA) is 76.6 Å². The van der Waals surface area contributed by atoms with Crippen LogP contribution in [-0.2, 0) is 16.0 Å². The third-order valence-corrected chi connectivity index (χ3v) is 6.01. The fourth-order valence-electron chi connectivity index (χ4n) is 3.21. The SMILES string of the molecule is COc1ccc(F)c(-c2ccncc2N(C)C(=O)c2cc(C(F)(F)F)cc(S(C)(=O)=O)c2)c1F. The minimum atomic E-state index is -4.93. The van der Waals surface area contributed by atoms with Crippen molar-refractivity contribution in [1.82, 2.24) is 4.98 Å². The number of carbonyl (C=O) groups is 1. The Hall–Kier alpha value is -3.54. The lowest BCUT2D eigenvalue weighted by atomic mass is 10.0. The average molecular weight is 500 g/mol. The van der Waals surface area contributed by atoms with E-state index in [0.29, 0.717) is 18.4 Å². The average Bonchev–Trinajstić information content (AvgIpc) is 2.77. The molecule has 1 heterocycles. The molecule has 34 heavy (non-hydrogen) atoms. The van der Waals surface area contributed by atoms with Gasteiger partial charge in [0.15, 0.2) is 21.4 Å². The first-order chi connectivity index (χ1) is 15.8. The zero-order chi connectivity index (χ0) is 25.4. The molecule has 0 saturated carbocycles. The second-order valence-corrected chi connectivity index (χ2v) is 9.23. The van der Waals surface area contributed by atoms with Gasteiger partial charge in [0.2, 0.25) is 0 Å². The molecule has 0 spiro atoms. The molecular weight excluding hydrogens is 483 g/mol. The standard InChI is InChI=1S/C22H17F5N2O4S/c1-29(21(30)12-8-13(22(25,26)27)10-14(9-12)34(3,31)32)17-11-28-7-6-15(17)19-16(23)4-5-18(33-2)20(19)24/h4-11H,1-3H3. The molecule has 0 aliphatic carbocycles. The maximum Gasteiger partial charge on any atom is 0.416 e. The Morgan fingerprint density at radius 2 is 1.76 bits per heavy atom. The number of anilines is 1. The van der Waals surface area contributed by atoms with Crippen molar-refractivity contribution in [1.29, 1.82) is 0 Å². The summed E-state index contributed by atoms with van der Waals surface area (Å²) < 4.78 is 98.2. The summed E-state index contributed by atoms with van der Waals surface area (Å²) in [6.45, 7) is 0. The Labute approximate surface area is 191 Å². The van der Waals surface area contributed by atoms with Crippen molar-refractivity contribution >= 4 is 21.4 Å². The second-order valence-electron chi connectivity index (χ2n) is 7.21. The van der Waals surface area contributed by atoms with Crippen LogP contribution in [0.5, 0.6) is 5.75 Å². The first-order valence-electron chi connectivity index (χ1n) is 9.42. The van der Waals surface area contributed by atoms with Crippen molar-refractivity contribution in [2.24, 2.45) is 0 Å². The van der Waals surface area contributed by atoms with Crippen LogP contribution in [0.15, 0.2) is 53.7 Å². The predicted molar refractivity (Wildman–Crippen MR) is 113 cm³/mol. The highest BCUT2D eigenvalue weighted by Crippen LogP contribution is 2.38. The summed E-state index contributed by atoms with van der Waals surface area (Å²) in [6, 6.07) is 4.95. The number of hydrogen-bond donors (Lipinski definition) is 0. The molecule has 3 rings (SSSR count). The molecule has 12 heteroatoms. The first-order valence-corrected chi connectivity index (χ1v) is 11.3. The Bertz CT molecular complexity index is 1370. The molecule has 2 aromatic carbocycles. The predicted octanol–water partition coefficient (Wildman–Crippen LogP) is 4.73. The molecule has 0 N–H and O–H groups in total. The van der Waals surface area contributed by atoms with E-state index in [-0.39, 0.29) is 17.0 Å². The molecule has 0 fully saturated rings. The summed E-state index contributed by atoms with van der Waals surface area (Å²) in [4.78, 5) is 17.1. The van der Waals surface area contributed by atoms with Crippen LogP contribution in [0.1, 0.15) is 15.9 Å². The molecule has 1 amide bonds. The van der Waals surface area contributed by atoms with Gasteiger partial charge in [0.05, 0.1) is 35.0 Å². The molecule has 3 aromatic rings.